The Balaban J connectivity index is 4.20. The third-order valence-corrected chi connectivity index (χ3v) is 11.0. The van der Waals surface area contributed by atoms with Crippen LogP contribution in [0.4, 0.5) is 0 Å². The molecule has 10 heteroatoms. The van der Waals surface area contributed by atoms with E-state index in [1.54, 1.807) is 6.08 Å². The van der Waals surface area contributed by atoms with Crippen molar-refractivity contribution in [2.45, 2.75) is 231 Å². The molecule has 0 aromatic carbocycles. The van der Waals surface area contributed by atoms with Crippen molar-refractivity contribution in [3.8, 4) is 0 Å². The van der Waals surface area contributed by atoms with Gasteiger partial charge in [-0.2, -0.15) is 0 Å². The maximum Gasteiger partial charge on any atom is 0.472 e. The lowest BCUT2D eigenvalue weighted by Crippen LogP contribution is -2.49. The van der Waals surface area contributed by atoms with Crippen LogP contribution in [-0.2, 0) is 18.4 Å². The van der Waals surface area contributed by atoms with Crippen molar-refractivity contribution in [3.05, 3.63) is 12.2 Å². The van der Waals surface area contributed by atoms with Gasteiger partial charge >= 0.3 is 7.82 Å². The molecule has 0 rings (SSSR count). The summed E-state index contributed by atoms with van der Waals surface area (Å²) in [6, 6.07) is -1.03. The smallest absolute Gasteiger partial charge is 0.387 e. The van der Waals surface area contributed by atoms with E-state index in [0.29, 0.717) is 6.42 Å². The molecule has 0 heterocycles. The minimum absolute atomic E-state index is 0.0456. The molecule has 310 valence electrons. The van der Waals surface area contributed by atoms with Crippen LogP contribution in [0.2, 0.25) is 0 Å². The number of phosphoric ester groups is 1. The molecule has 2 unspecified atom stereocenters. The van der Waals surface area contributed by atoms with Crippen molar-refractivity contribution in [1.82, 2.24) is 5.32 Å². The van der Waals surface area contributed by atoms with E-state index in [9.17, 15) is 24.5 Å². The van der Waals surface area contributed by atoms with Crippen LogP contribution in [-0.4, -0.2) is 59.0 Å². The fourth-order valence-corrected chi connectivity index (χ4v) is 7.31. The lowest BCUT2D eigenvalue weighted by atomic mass is 10.0. The number of aliphatic hydroxyl groups excluding tert-OH is 2. The highest BCUT2D eigenvalue weighted by Gasteiger charge is 2.28. The van der Waals surface area contributed by atoms with Crippen LogP contribution in [0, 0.1) is 0 Å². The number of amides is 1. The Morgan fingerprint density at radius 2 is 1.02 bits per heavy atom. The van der Waals surface area contributed by atoms with Crippen molar-refractivity contribution >= 4 is 13.7 Å². The summed E-state index contributed by atoms with van der Waals surface area (Å²) < 4.78 is 22.0. The van der Waals surface area contributed by atoms with Crippen molar-refractivity contribution < 1.29 is 33.5 Å². The number of hydrogen-bond donors (Lipinski definition) is 5. The Bertz CT molecular complexity index is 847. The Kier molecular flexibility index (Phi) is 37.9. The summed E-state index contributed by atoms with van der Waals surface area (Å²) >= 11 is 0. The summed E-state index contributed by atoms with van der Waals surface area (Å²) in [5.74, 6) is -0.631. The quantitative estimate of drug-likeness (QED) is 0.0235. The zero-order valence-electron chi connectivity index (χ0n) is 33.9. The molecule has 0 spiro atoms. The van der Waals surface area contributed by atoms with Crippen molar-refractivity contribution in [2.24, 2.45) is 5.73 Å². The maximum absolute atomic E-state index is 12.8. The molecule has 1 amide bonds. The number of nitrogens with two attached hydrogens (primary N) is 1. The number of allylic oxidation sites excluding steroid dienone is 1. The van der Waals surface area contributed by atoms with Gasteiger partial charge in [0, 0.05) is 6.54 Å². The Morgan fingerprint density at radius 3 is 1.42 bits per heavy atom. The molecule has 0 aliphatic carbocycles. The summed E-state index contributed by atoms with van der Waals surface area (Å²) in [5, 5.41) is 24.0. The van der Waals surface area contributed by atoms with E-state index in [0.717, 1.165) is 38.5 Å². The first-order chi connectivity index (χ1) is 25.3. The van der Waals surface area contributed by atoms with Gasteiger partial charge in [-0.05, 0) is 19.3 Å². The lowest BCUT2D eigenvalue weighted by molar-refractivity contribution is -0.131. The summed E-state index contributed by atoms with van der Waals surface area (Å²) in [6.07, 6.45) is 39.1. The van der Waals surface area contributed by atoms with Gasteiger partial charge in [0.1, 0.15) is 6.10 Å². The summed E-state index contributed by atoms with van der Waals surface area (Å²) in [5.41, 5.74) is 5.35. The van der Waals surface area contributed by atoms with Gasteiger partial charge in [-0.3, -0.25) is 13.8 Å². The van der Waals surface area contributed by atoms with Crippen LogP contribution in [0.1, 0.15) is 213 Å². The number of aliphatic hydroxyl groups is 2. The molecule has 0 fully saturated rings. The normalized spacial score (nSPS) is 14.8. The molecular weight excluding hydrogens is 675 g/mol. The second kappa shape index (κ2) is 38.5. The monoisotopic (exact) mass is 761 g/mol. The molecule has 0 aromatic heterocycles. The van der Waals surface area contributed by atoms with Gasteiger partial charge in [-0.15, -0.1) is 0 Å². The third-order valence-electron chi connectivity index (χ3n) is 9.97. The zero-order valence-corrected chi connectivity index (χ0v) is 34.8. The average Bonchev–Trinajstić information content (AvgIpc) is 3.13. The van der Waals surface area contributed by atoms with Crippen molar-refractivity contribution in [3.63, 3.8) is 0 Å². The number of hydrogen-bond acceptors (Lipinski definition) is 7. The van der Waals surface area contributed by atoms with E-state index < -0.39 is 38.6 Å². The predicted octanol–water partition coefficient (Wildman–Crippen LogP) is 11.0. The molecule has 0 radical (unpaired) electrons. The summed E-state index contributed by atoms with van der Waals surface area (Å²) in [7, 11) is -4.41. The molecule has 0 saturated heterocycles. The topological polar surface area (TPSA) is 151 Å². The molecule has 0 bridgehead atoms. The van der Waals surface area contributed by atoms with Gasteiger partial charge in [0.2, 0.25) is 5.91 Å². The van der Waals surface area contributed by atoms with E-state index >= 15 is 0 Å². The molecule has 4 atom stereocenters. The standard InChI is InChI=1S/C42H85N2O7P/c1-3-5-7-9-11-13-15-16-17-18-19-20-21-22-23-25-27-29-31-33-35-41(46)42(47)44-39(38-51-52(48,49)50-37-36-43)40(45)34-32-30-28-26-24-14-12-10-8-6-4-2/h32,34,39-41,45-46H,3-31,33,35-38,43H2,1-2H3,(H,44,47)(H,48,49)/b34-32+/t39-,40+,41?/m0/s1. The molecular formula is C42H85N2O7P. The number of unbranched alkanes of at least 4 members (excludes halogenated alkanes) is 28. The van der Waals surface area contributed by atoms with Gasteiger partial charge < -0.3 is 26.2 Å². The van der Waals surface area contributed by atoms with E-state index in [-0.39, 0.29) is 13.2 Å². The highest BCUT2D eigenvalue weighted by Crippen LogP contribution is 2.43. The fraction of sp³-hybridized carbons (Fsp3) is 0.929. The van der Waals surface area contributed by atoms with Crippen molar-refractivity contribution in [1.29, 1.82) is 0 Å². The SMILES string of the molecule is CCCCCCCCCCC/C=C/[C@@H](O)[C@H](COP(=O)(O)OCCN)NC(=O)C(O)CCCCCCCCCCCCCCCCCCCCCC. The predicted molar refractivity (Wildman–Crippen MR) is 218 cm³/mol. The first-order valence-corrected chi connectivity index (χ1v) is 23.4. The zero-order chi connectivity index (χ0) is 38.4. The van der Waals surface area contributed by atoms with Gasteiger partial charge in [-0.1, -0.05) is 206 Å². The van der Waals surface area contributed by atoms with Gasteiger partial charge in [0.15, 0.2) is 0 Å². The molecule has 0 aliphatic heterocycles. The fourth-order valence-electron chi connectivity index (χ4n) is 6.55. The van der Waals surface area contributed by atoms with Crippen LogP contribution in [0.5, 0.6) is 0 Å². The first-order valence-electron chi connectivity index (χ1n) is 21.9. The van der Waals surface area contributed by atoms with E-state index in [1.807, 2.05) is 6.08 Å². The Labute approximate surface area is 320 Å². The average molecular weight is 761 g/mol. The van der Waals surface area contributed by atoms with Crippen LogP contribution in [0.15, 0.2) is 12.2 Å². The molecule has 6 N–H and O–H groups in total. The Hall–Kier alpha value is -0.800. The van der Waals surface area contributed by atoms with E-state index in [4.69, 9.17) is 14.8 Å². The van der Waals surface area contributed by atoms with Gasteiger partial charge in [0.05, 0.1) is 25.4 Å². The first kappa shape index (κ1) is 51.2. The second-order valence-corrected chi connectivity index (χ2v) is 16.5. The summed E-state index contributed by atoms with van der Waals surface area (Å²) in [4.78, 5) is 22.7. The van der Waals surface area contributed by atoms with Crippen LogP contribution < -0.4 is 11.1 Å². The highest BCUT2D eigenvalue weighted by molar-refractivity contribution is 7.47. The minimum Gasteiger partial charge on any atom is -0.387 e. The number of carbonyl (C=O) groups excluding carboxylic acids is 1. The molecule has 0 aliphatic rings. The largest absolute Gasteiger partial charge is 0.472 e. The molecule has 52 heavy (non-hydrogen) atoms. The minimum atomic E-state index is -4.41. The number of nitrogens with one attached hydrogen (secondary N) is 1. The number of rotatable bonds is 41. The third kappa shape index (κ3) is 34.9. The van der Waals surface area contributed by atoms with Gasteiger partial charge in [0.25, 0.3) is 0 Å². The van der Waals surface area contributed by atoms with E-state index in [1.165, 1.54) is 154 Å². The lowest BCUT2D eigenvalue weighted by Gasteiger charge is -2.24. The van der Waals surface area contributed by atoms with E-state index in [2.05, 4.69) is 19.2 Å². The maximum atomic E-state index is 12.8. The summed E-state index contributed by atoms with van der Waals surface area (Å²) in [6.45, 7) is 3.93. The van der Waals surface area contributed by atoms with Crippen LogP contribution in [0.25, 0.3) is 0 Å². The van der Waals surface area contributed by atoms with Crippen LogP contribution >= 0.6 is 7.82 Å². The van der Waals surface area contributed by atoms with Crippen LogP contribution in [0.3, 0.4) is 0 Å². The van der Waals surface area contributed by atoms with Gasteiger partial charge in [-0.25, -0.2) is 4.57 Å². The Morgan fingerprint density at radius 1 is 0.635 bits per heavy atom. The number of carbonyl (C=O) groups is 1. The van der Waals surface area contributed by atoms with Crippen molar-refractivity contribution in [2.75, 3.05) is 19.8 Å². The molecule has 0 aromatic rings. The molecule has 0 saturated carbocycles. The molecule has 9 nitrogen and oxygen atoms in total. The highest BCUT2D eigenvalue weighted by atomic mass is 31.2. The number of phosphoric acid groups is 1. The second-order valence-electron chi connectivity index (χ2n) is 15.1.